The lowest BCUT2D eigenvalue weighted by Crippen LogP contribution is -2.30. The molecule has 29 heavy (non-hydrogen) atoms. The summed E-state index contributed by atoms with van der Waals surface area (Å²) in [4.78, 5) is 71.7. The average Bonchev–Trinajstić information content (AvgIpc) is 3.16. The molecule has 0 spiro atoms. The van der Waals surface area contributed by atoms with Crippen LogP contribution in [0.5, 0.6) is 0 Å². The lowest BCUT2D eigenvalue weighted by molar-refractivity contribution is -0.160. The van der Waals surface area contributed by atoms with Gasteiger partial charge in [-0.05, 0) is 25.7 Å². The van der Waals surface area contributed by atoms with Crippen LogP contribution < -0.4 is 0 Å². The number of amides is 4. The van der Waals surface area contributed by atoms with E-state index in [0.717, 1.165) is 0 Å². The molecule has 2 fully saturated rings. The first-order valence-electron chi connectivity index (χ1n) is 10.3. The van der Waals surface area contributed by atoms with Gasteiger partial charge in [0.1, 0.15) is 0 Å². The van der Waals surface area contributed by atoms with Crippen LogP contribution in [0.4, 0.5) is 0 Å². The fraction of sp³-hybridized carbons (Fsp3) is 0.700. The zero-order valence-corrected chi connectivity index (χ0v) is 16.7. The smallest absolute Gasteiger partial charge is 0.313 e. The molecule has 0 aromatic rings. The van der Waals surface area contributed by atoms with Gasteiger partial charge in [0, 0.05) is 51.6 Å². The summed E-state index contributed by atoms with van der Waals surface area (Å²) >= 11 is 0. The SMILES string of the molecule is O=C(CCCCCN1C(=O)CCC1=O)OC(=O)CCCCCN1C(=O)CCC1=O. The van der Waals surface area contributed by atoms with Gasteiger partial charge in [-0.1, -0.05) is 12.8 Å². The molecule has 4 amide bonds. The van der Waals surface area contributed by atoms with E-state index in [4.69, 9.17) is 4.74 Å². The summed E-state index contributed by atoms with van der Waals surface area (Å²) in [5, 5.41) is 0. The summed E-state index contributed by atoms with van der Waals surface area (Å²) in [5.41, 5.74) is 0. The Morgan fingerprint density at radius 1 is 0.586 bits per heavy atom. The minimum atomic E-state index is -0.573. The number of ether oxygens (including phenoxy) is 1. The van der Waals surface area contributed by atoms with Gasteiger partial charge >= 0.3 is 11.9 Å². The van der Waals surface area contributed by atoms with Gasteiger partial charge in [0.05, 0.1) is 0 Å². The Bertz CT molecular complexity index is 586. The van der Waals surface area contributed by atoms with E-state index in [1.807, 2.05) is 0 Å². The Hall–Kier alpha value is -2.58. The monoisotopic (exact) mass is 408 g/mol. The number of hydrogen-bond acceptors (Lipinski definition) is 7. The van der Waals surface area contributed by atoms with Gasteiger partial charge in [0.15, 0.2) is 0 Å². The molecule has 2 aliphatic rings. The number of hydrogen-bond donors (Lipinski definition) is 0. The Kier molecular flexibility index (Phi) is 8.95. The first kappa shape index (κ1) is 22.7. The minimum absolute atomic E-state index is 0.118. The summed E-state index contributed by atoms with van der Waals surface area (Å²) < 4.78 is 4.76. The Morgan fingerprint density at radius 3 is 1.28 bits per heavy atom. The first-order valence-corrected chi connectivity index (χ1v) is 10.3. The quantitative estimate of drug-likeness (QED) is 0.208. The summed E-state index contributed by atoms with van der Waals surface area (Å²) in [7, 11) is 0. The zero-order valence-electron chi connectivity index (χ0n) is 16.7. The van der Waals surface area contributed by atoms with Crippen LogP contribution in [0.1, 0.15) is 77.0 Å². The summed E-state index contributed by atoms with van der Waals surface area (Å²) in [5.74, 6) is -1.71. The molecular weight excluding hydrogens is 380 g/mol. The largest absolute Gasteiger partial charge is 0.393 e. The molecule has 0 N–H and O–H groups in total. The lowest BCUT2D eigenvalue weighted by atomic mass is 10.2. The fourth-order valence-corrected chi connectivity index (χ4v) is 3.41. The molecule has 160 valence electrons. The molecule has 9 nitrogen and oxygen atoms in total. The number of carbonyl (C=O) groups excluding carboxylic acids is 6. The van der Waals surface area contributed by atoms with Crippen LogP contribution in [0.25, 0.3) is 0 Å². The van der Waals surface area contributed by atoms with Crippen molar-refractivity contribution < 1.29 is 33.5 Å². The molecule has 2 rings (SSSR count). The predicted octanol–water partition coefficient (Wildman–Crippen LogP) is 1.47. The molecule has 0 bridgehead atoms. The van der Waals surface area contributed by atoms with Crippen molar-refractivity contribution in [3.05, 3.63) is 0 Å². The van der Waals surface area contributed by atoms with E-state index in [9.17, 15) is 28.8 Å². The maximum Gasteiger partial charge on any atom is 0.313 e. The molecule has 0 aromatic carbocycles. The zero-order chi connectivity index (χ0) is 21.2. The third kappa shape index (κ3) is 7.40. The fourth-order valence-electron chi connectivity index (χ4n) is 3.41. The highest BCUT2D eigenvalue weighted by molar-refractivity contribution is 6.02. The molecule has 9 heteroatoms. The second kappa shape index (κ2) is 11.4. The van der Waals surface area contributed by atoms with E-state index >= 15 is 0 Å². The number of imide groups is 2. The van der Waals surface area contributed by atoms with E-state index in [0.29, 0.717) is 51.6 Å². The van der Waals surface area contributed by atoms with Crippen LogP contribution >= 0.6 is 0 Å². The average molecular weight is 408 g/mol. The third-order valence-corrected chi connectivity index (χ3v) is 5.06. The van der Waals surface area contributed by atoms with Crippen LogP contribution in [0.3, 0.4) is 0 Å². The van der Waals surface area contributed by atoms with E-state index in [1.165, 1.54) is 9.80 Å². The normalized spacial score (nSPS) is 16.8. The van der Waals surface area contributed by atoms with Crippen molar-refractivity contribution in [3.63, 3.8) is 0 Å². The van der Waals surface area contributed by atoms with Crippen molar-refractivity contribution in [2.75, 3.05) is 13.1 Å². The van der Waals surface area contributed by atoms with Crippen molar-refractivity contribution in [2.24, 2.45) is 0 Å². The number of likely N-dealkylation sites (tertiary alicyclic amines) is 2. The predicted molar refractivity (Wildman–Crippen MR) is 99.9 cm³/mol. The van der Waals surface area contributed by atoms with Gasteiger partial charge < -0.3 is 4.74 Å². The third-order valence-electron chi connectivity index (χ3n) is 5.06. The molecule has 0 radical (unpaired) electrons. The van der Waals surface area contributed by atoms with E-state index < -0.39 is 11.9 Å². The molecular formula is C20H28N2O7. The lowest BCUT2D eigenvalue weighted by Gasteiger charge is -2.13. The number of nitrogens with zero attached hydrogens (tertiary/aromatic N) is 2. The van der Waals surface area contributed by atoms with Gasteiger partial charge in [0.2, 0.25) is 23.6 Å². The second-order valence-corrected chi connectivity index (χ2v) is 7.35. The van der Waals surface area contributed by atoms with Crippen molar-refractivity contribution in [1.82, 2.24) is 9.80 Å². The Balaban J connectivity index is 1.46. The van der Waals surface area contributed by atoms with Crippen LogP contribution in [-0.4, -0.2) is 58.5 Å². The van der Waals surface area contributed by atoms with Gasteiger partial charge in [-0.15, -0.1) is 0 Å². The molecule has 0 atom stereocenters. The molecule has 0 saturated carbocycles. The number of esters is 2. The topological polar surface area (TPSA) is 118 Å². The number of rotatable bonds is 12. The molecule has 0 unspecified atom stereocenters. The standard InChI is InChI=1S/C20H28N2O7/c23-15-9-10-16(24)21(15)13-5-1-3-7-19(27)29-20(28)8-4-2-6-14-22-17(25)11-12-18(22)26/h1-14H2. The highest BCUT2D eigenvalue weighted by Gasteiger charge is 2.28. The molecule has 2 heterocycles. The first-order chi connectivity index (χ1) is 13.9. The minimum Gasteiger partial charge on any atom is -0.393 e. The van der Waals surface area contributed by atoms with Crippen LogP contribution in [-0.2, 0) is 33.5 Å². The van der Waals surface area contributed by atoms with E-state index in [1.54, 1.807) is 0 Å². The van der Waals surface area contributed by atoms with Crippen LogP contribution in [0, 0.1) is 0 Å². The van der Waals surface area contributed by atoms with Gasteiger partial charge in [-0.25, -0.2) is 0 Å². The Labute approximate surface area is 169 Å². The highest BCUT2D eigenvalue weighted by atomic mass is 16.6. The highest BCUT2D eigenvalue weighted by Crippen LogP contribution is 2.14. The molecule has 0 aromatic heterocycles. The maximum atomic E-state index is 11.7. The molecule has 0 aliphatic carbocycles. The molecule has 2 aliphatic heterocycles. The van der Waals surface area contributed by atoms with Crippen molar-refractivity contribution in [3.8, 4) is 0 Å². The van der Waals surface area contributed by atoms with E-state index in [2.05, 4.69) is 0 Å². The summed E-state index contributed by atoms with van der Waals surface area (Å²) in [6.45, 7) is 0.751. The van der Waals surface area contributed by atoms with E-state index in [-0.39, 0.29) is 62.2 Å². The van der Waals surface area contributed by atoms with Gasteiger partial charge in [-0.3, -0.25) is 38.6 Å². The van der Waals surface area contributed by atoms with Gasteiger partial charge in [-0.2, -0.15) is 0 Å². The van der Waals surface area contributed by atoms with Crippen molar-refractivity contribution >= 4 is 35.6 Å². The maximum absolute atomic E-state index is 11.7. The molecule has 2 saturated heterocycles. The van der Waals surface area contributed by atoms with Gasteiger partial charge in [0.25, 0.3) is 0 Å². The number of carbonyl (C=O) groups is 6. The number of unbranched alkanes of at least 4 members (excludes halogenated alkanes) is 4. The van der Waals surface area contributed by atoms with Crippen LogP contribution in [0.2, 0.25) is 0 Å². The Morgan fingerprint density at radius 2 is 0.931 bits per heavy atom. The second-order valence-electron chi connectivity index (χ2n) is 7.35. The van der Waals surface area contributed by atoms with Crippen molar-refractivity contribution in [1.29, 1.82) is 0 Å². The summed E-state index contributed by atoms with van der Waals surface area (Å²) in [6.07, 6.45) is 4.98. The summed E-state index contributed by atoms with van der Waals surface area (Å²) in [6, 6.07) is 0. The van der Waals surface area contributed by atoms with Crippen LogP contribution in [0.15, 0.2) is 0 Å². The van der Waals surface area contributed by atoms with Crippen molar-refractivity contribution in [2.45, 2.75) is 77.0 Å².